The van der Waals surface area contributed by atoms with Crippen LogP contribution in [0, 0.1) is 0 Å². The minimum Gasteiger partial charge on any atom is -0.480 e. The zero-order valence-corrected chi connectivity index (χ0v) is 8.60. The molecule has 1 unspecified atom stereocenters. The Morgan fingerprint density at radius 1 is 1.50 bits per heavy atom. The number of hydrogen-bond acceptors (Lipinski definition) is 2. The monoisotopic (exact) mass is 214 g/mol. The van der Waals surface area contributed by atoms with Crippen LogP contribution in [0.5, 0.6) is 0 Å². The van der Waals surface area contributed by atoms with Gasteiger partial charge in [-0.2, -0.15) is 0 Å². The van der Waals surface area contributed by atoms with Crippen molar-refractivity contribution in [2.45, 2.75) is 12.5 Å². The minimum atomic E-state index is -0.951. The van der Waals surface area contributed by atoms with Crippen LogP contribution in [0.15, 0.2) is 30.5 Å². The predicted molar refractivity (Wildman–Crippen MR) is 62.3 cm³/mol. The van der Waals surface area contributed by atoms with E-state index in [0.29, 0.717) is 6.42 Å². The summed E-state index contributed by atoms with van der Waals surface area (Å²) >= 11 is 0. The van der Waals surface area contributed by atoms with Crippen LogP contribution in [0.3, 0.4) is 0 Å². The highest BCUT2D eigenvalue weighted by Gasteiger charge is 2.16. The summed E-state index contributed by atoms with van der Waals surface area (Å²) < 4.78 is 0. The fraction of sp³-hybridized carbons (Fsp3) is 0.182. The average molecular weight is 214 g/mol. The number of benzene rings is 1. The Morgan fingerprint density at radius 2 is 2.25 bits per heavy atom. The third kappa shape index (κ3) is 1.94. The molecule has 80 valence electrons. The lowest BCUT2D eigenvalue weighted by atomic mass is 10.0. The number of hydrogen-bond donors (Lipinski definition) is 3. The Balaban J connectivity index is 2.30. The van der Waals surface area contributed by atoms with Gasteiger partial charge in [-0.15, -0.1) is 0 Å². The van der Waals surface area contributed by atoms with Crippen LogP contribution in [0.4, 0.5) is 0 Å². The van der Waals surface area contributed by atoms with E-state index in [-0.39, 0.29) is 0 Å². The molecule has 2 radical (unpaired) electrons. The summed E-state index contributed by atoms with van der Waals surface area (Å²) in [6, 6.07) is 6.99. The van der Waals surface area contributed by atoms with Crippen LogP contribution in [0.2, 0.25) is 0 Å². The predicted octanol–water partition coefficient (Wildman–Crippen LogP) is 0.837. The van der Waals surface area contributed by atoms with Gasteiger partial charge in [0.25, 0.3) is 0 Å². The number of aromatic nitrogens is 1. The maximum Gasteiger partial charge on any atom is 0.319 e. The van der Waals surface area contributed by atoms with Gasteiger partial charge in [-0.1, -0.05) is 18.2 Å². The standard InChI is InChI=1S/C11H11BN2O2/c12-14-10(11(15)16)5-7-6-13-9-4-2-1-3-8(7)9/h1-4,6,10,13-14H,5H2,(H,15,16). The summed E-state index contributed by atoms with van der Waals surface area (Å²) in [5.74, 6) is -0.951. The molecule has 16 heavy (non-hydrogen) atoms. The number of aromatic amines is 1. The van der Waals surface area contributed by atoms with Crippen molar-refractivity contribution in [2.75, 3.05) is 0 Å². The van der Waals surface area contributed by atoms with Crippen LogP contribution in [-0.4, -0.2) is 30.1 Å². The zero-order valence-electron chi connectivity index (χ0n) is 8.60. The van der Waals surface area contributed by atoms with E-state index in [2.05, 4.69) is 10.2 Å². The van der Waals surface area contributed by atoms with Crippen LogP contribution >= 0.6 is 0 Å². The molecule has 0 amide bonds. The quantitative estimate of drug-likeness (QED) is 0.660. The number of nitrogens with one attached hydrogen (secondary N) is 2. The van der Waals surface area contributed by atoms with Gasteiger partial charge in [0.2, 0.25) is 0 Å². The van der Waals surface area contributed by atoms with Gasteiger partial charge >= 0.3 is 5.97 Å². The van der Waals surface area contributed by atoms with Gasteiger partial charge in [-0.05, 0) is 18.1 Å². The minimum absolute atomic E-state index is 0.357. The number of carboxylic acids is 1. The number of rotatable bonds is 4. The van der Waals surface area contributed by atoms with Gasteiger partial charge in [0.05, 0.1) is 6.04 Å². The SMILES string of the molecule is [B]NC(Cc1c[nH]c2ccccc12)C(=O)O. The summed E-state index contributed by atoms with van der Waals surface area (Å²) in [6.45, 7) is 0. The maximum absolute atomic E-state index is 10.8. The Bertz CT molecular complexity index is 509. The van der Waals surface area contributed by atoms with Crippen LogP contribution in [0.1, 0.15) is 5.56 Å². The Labute approximate surface area is 94.1 Å². The molecular weight excluding hydrogens is 203 g/mol. The van der Waals surface area contributed by atoms with Crippen molar-refractivity contribution in [3.05, 3.63) is 36.0 Å². The lowest BCUT2D eigenvalue weighted by molar-refractivity contribution is -0.138. The van der Waals surface area contributed by atoms with Gasteiger partial charge in [0.1, 0.15) is 0 Å². The van der Waals surface area contributed by atoms with E-state index >= 15 is 0 Å². The molecule has 4 nitrogen and oxygen atoms in total. The first-order chi connectivity index (χ1) is 7.72. The van der Waals surface area contributed by atoms with Crippen molar-refractivity contribution in [3.63, 3.8) is 0 Å². The van der Waals surface area contributed by atoms with Gasteiger partial charge in [0.15, 0.2) is 7.98 Å². The number of para-hydroxylation sites is 1. The summed E-state index contributed by atoms with van der Waals surface area (Å²) in [7, 11) is 5.19. The lowest BCUT2D eigenvalue weighted by Crippen LogP contribution is -2.36. The summed E-state index contributed by atoms with van der Waals surface area (Å²) in [5, 5.41) is 12.2. The second-order valence-corrected chi connectivity index (χ2v) is 3.62. The maximum atomic E-state index is 10.8. The van der Waals surface area contributed by atoms with Gasteiger partial charge < -0.3 is 15.3 Å². The van der Waals surface area contributed by atoms with E-state index in [1.54, 1.807) is 0 Å². The summed E-state index contributed by atoms with van der Waals surface area (Å²) in [5.41, 5.74) is 1.94. The number of carbonyl (C=O) groups is 1. The van der Waals surface area contributed by atoms with E-state index < -0.39 is 12.0 Å². The van der Waals surface area contributed by atoms with E-state index in [1.807, 2.05) is 30.5 Å². The number of carboxylic acid groups (broad SMARTS) is 1. The molecule has 0 bridgehead atoms. The van der Waals surface area contributed by atoms with Crippen molar-refractivity contribution in [1.82, 2.24) is 10.2 Å². The second kappa shape index (κ2) is 4.41. The van der Waals surface area contributed by atoms with Gasteiger partial charge in [-0.3, -0.25) is 4.79 Å². The van der Waals surface area contributed by atoms with E-state index in [1.165, 1.54) is 0 Å². The van der Waals surface area contributed by atoms with Crippen molar-refractivity contribution < 1.29 is 9.90 Å². The third-order valence-electron chi connectivity index (χ3n) is 2.60. The van der Waals surface area contributed by atoms with Crippen molar-refractivity contribution in [2.24, 2.45) is 0 Å². The molecule has 0 fully saturated rings. The lowest BCUT2D eigenvalue weighted by Gasteiger charge is -2.10. The largest absolute Gasteiger partial charge is 0.480 e. The molecular formula is C11H11BN2O2. The molecule has 1 aromatic heterocycles. The number of fused-ring (bicyclic) bond motifs is 1. The van der Waals surface area contributed by atoms with Gasteiger partial charge in [-0.25, -0.2) is 0 Å². The number of aliphatic carboxylic acids is 1. The molecule has 5 heteroatoms. The van der Waals surface area contributed by atoms with Crippen LogP contribution < -0.4 is 5.23 Å². The van der Waals surface area contributed by atoms with Crippen molar-refractivity contribution in [1.29, 1.82) is 0 Å². The van der Waals surface area contributed by atoms with Crippen molar-refractivity contribution in [3.8, 4) is 0 Å². The summed E-state index contributed by atoms with van der Waals surface area (Å²) in [6.07, 6.45) is 2.17. The second-order valence-electron chi connectivity index (χ2n) is 3.62. The van der Waals surface area contributed by atoms with Crippen LogP contribution in [0.25, 0.3) is 10.9 Å². The number of H-pyrrole nitrogens is 1. The molecule has 1 aromatic carbocycles. The van der Waals surface area contributed by atoms with Crippen molar-refractivity contribution >= 4 is 24.9 Å². The molecule has 1 atom stereocenters. The van der Waals surface area contributed by atoms with Crippen LogP contribution in [-0.2, 0) is 11.2 Å². The Hall–Kier alpha value is -1.75. The average Bonchev–Trinajstić information content (AvgIpc) is 2.69. The normalized spacial score (nSPS) is 12.8. The highest BCUT2D eigenvalue weighted by Crippen LogP contribution is 2.18. The molecule has 1 heterocycles. The molecule has 0 spiro atoms. The highest BCUT2D eigenvalue weighted by molar-refractivity contribution is 6.06. The molecule has 3 N–H and O–H groups in total. The highest BCUT2D eigenvalue weighted by atomic mass is 16.4. The zero-order chi connectivity index (χ0) is 11.5. The molecule has 0 aliphatic heterocycles. The van der Waals surface area contributed by atoms with Gasteiger partial charge in [0, 0.05) is 17.1 Å². The van der Waals surface area contributed by atoms with E-state index in [9.17, 15) is 4.79 Å². The first-order valence-electron chi connectivity index (χ1n) is 4.96. The summed E-state index contributed by atoms with van der Waals surface area (Å²) in [4.78, 5) is 13.9. The first-order valence-corrected chi connectivity index (χ1v) is 4.96. The Morgan fingerprint density at radius 3 is 2.94 bits per heavy atom. The molecule has 0 aliphatic rings. The third-order valence-corrected chi connectivity index (χ3v) is 2.60. The topological polar surface area (TPSA) is 65.1 Å². The fourth-order valence-corrected chi connectivity index (χ4v) is 1.74. The smallest absolute Gasteiger partial charge is 0.319 e. The van der Waals surface area contributed by atoms with E-state index in [4.69, 9.17) is 13.1 Å². The molecule has 0 saturated carbocycles. The Kier molecular flexibility index (Phi) is 2.96. The molecule has 0 aliphatic carbocycles. The first kappa shape index (κ1) is 10.8. The molecule has 0 saturated heterocycles. The van der Waals surface area contributed by atoms with E-state index in [0.717, 1.165) is 16.5 Å². The fourth-order valence-electron chi connectivity index (χ4n) is 1.74. The molecule has 2 rings (SSSR count). The molecule has 2 aromatic rings.